The number of carbonyl (C=O) groups excluding carboxylic acids is 2. The smallest absolute Gasteiger partial charge is 0.255 e. The van der Waals surface area contributed by atoms with Crippen LogP contribution in [0.2, 0.25) is 0 Å². The van der Waals surface area contributed by atoms with Crippen LogP contribution in [0.3, 0.4) is 0 Å². The number of aliphatic hydroxyl groups is 2. The number of aliphatic hydroxyl groups excluding tert-OH is 2. The van der Waals surface area contributed by atoms with Crippen molar-refractivity contribution in [1.82, 2.24) is 10.2 Å². The number of rotatable bonds is 9. The van der Waals surface area contributed by atoms with E-state index in [0.717, 1.165) is 35.3 Å². The van der Waals surface area contributed by atoms with E-state index in [1.807, 2.05) is 38.1 Å². The minimum Gasteiger partial charge on any atom is -0.380 e. The van der Waals surface area contributed by atoms with E-state index in [0.29, 0.717) is 19.5 Å². The monoisotopic (exact) mass is 470 g/mol. The molecule has 6 nitrogen and oxygen atoms in total. The molecule has 1 aliphatic heterocycles. The van der Waals surface area contributed by atoms with Crippen LogP contribution in [0.4, 0.5) is 0 Å². The third-order valence-corrected chi connectivity index (χ3v) is 7.22. The van der Waals surface area contributed by atoms with Crippen LogP contribution in [0.1, 0.15) is 54.3 Å². The Balaban J connectivity index is 1.51. The molecule has 1 saturated heterocycles. The molecule has 1 fully saturated rings. The number of carbonyl (C=O) groups is 2. The Morgan fingerprint density at radius 1 is 1.24 bits per heavy atom. The van der Waals surface area contributed by atoms with Crippen LogP contribution >= 0.6 is 11.3 Å². The van der Waals surface area contributed by atoms with Gasteiger partial charge in [-0.15, -0.1) is 11.3 Å². The summed E-state index contributed by atoms with van der Waals surface area (Å²) in [6.07, 6.45) is 1.66. The third-order valence-electron chi connectivity index (χ3n) is 6.17. The minimum atomic E-state index is -1.80. The molecule has 0 aliphatic carbocycles. The van der Waals surface area contributed by atoms with E-state index in [1.54, 1.807) is 16.2 Å². The van der Waals surface area contributed by atoms with Crippen molar-refractivity contribution >= 4 is 23.2 Å². The molecule has 3 N–H and O–H groups in total. The summed E-state index contributed by atoms with van der Waals surface area (Å²) in [5.41, 5.74) is 4.68. The summed E-state index contributed by atoms with van der Waals surface area (Å²) in [5.74, 6) is -1.34. The first-order valence-corrected chi connectivity index (χ1v) is 12.4. The number of allylic oxidation sites excluding steroid dienone is 2. The van der Waals surface area contributed by atoms with Gasteiger partial charge in [-0.1, -0.05) is 41.5 Å². The Morgan fingerprint density at radius 2 is 1.97 bits per heavy atom. The number of likely N-dealkylation sites (tertiary alicyclic amines) is 1. The topological polar surface area (TPSA) is 89.9 Å². The number of amides is 2. The number of aryl methyl sites for hydroxylation is 1. The van der Waals surface area contributed by atoms with Crippen molar-refractivity contribution in [3.8, 4) is 0 Å². The van der Waals surface area contributed by atoms with Crippen LogP contribution in [-0.4, -0.2) is 52.2 Å². The Morgan fingerprint density at radius 3 is 2.67 bits per heavy atom. The highest BCUT2D eigenvalue weighted by Crippen LogP contribution is 2.32. The molecule has 2 aromatic rings. The lowest BCUT2D eigenvalue weighted by atomic mass is 10.0. The zero-order chi connectivity index (χ0) is 24.0. The van der Waals surface area contributed by atoms with Crippen LogP contribution in [0.25, 0.3) is 0 Å². The molecule has 7 heteroatoms. The Kier molecular flexibility index (Phi) is 8.83. The van der Waals surface area contributed by atoms with Gasteiger partial charge < -0.3 is 20.4 Å². The molecule has 33 heavy (non-hydrogen) atoms. The number of thiophene rings is 1. The van der Waals surface area contributed by atoms with Crippen LogP contribution in [0.15, 0.2) is 47.4 Å². The van der Waals surface area contributed by atoms with Crippen molar-refractivity contribution in [3.63, 3.8) is 0 Å². The molecule has 1 aromatic heterocycles. The molecule has 3 atom stereocenters. The van der Waals surface area contributed by atoms with E-state index in [4.69, 9.17) is 0 Å². The van der Waals surface area contributed by atoms with Gasteiger partial charge in [0.15, 0.2) is 12.2 Å². The maximum Gasteiger partial charge on any atom is 0.255 e. The van der Waals surface area contributed by atoms with Crippen molar-refractivity contribution in [1.29, 1.82) is 0 Å². The summed E-state index contributed by atoms with van der Waals surface area (Å²) in [6.45, 7) is 6.94. The van der Waals surface area contributed by atoms with Crippen molar-refractivity contribution in [2.24, 2.45) is 0 Å². The predicted octanol–water partition coefficient (Wildman–Crippen LogP) is 3.31. The van der Waals surface area contributed by atoms with Crippen LogP contribution in [0, 0.1) is 6.92 Å². The molecule has 178 valence electrons. The summed E-state index contributed by atoms with van der Waals surface area (Å²) in [4.78, 5) is 28.0. The third kappa shape index (κ3) is 6.53. The minimum absolute atomic E-state index is 0.151. The number of nitrogens with one attached hydrogen (secondary N) is 1. The summed E-state index contributed by atoms with van der Waals surface area (Å²) in [5, 5.41) is 25.5. The fraction of sp³-hybridized carbons (Fsp3) is 0.462. The van der Waals surface area contributed by atoms with Gasteiger partial charge in [0.1, 0.15) is 0 Å². The maximum absolute atomic E-state index is 12.9. The first-order chi connectivity index (χ1) is 15.8. The van der Waals surface area contributed by atoms with E-state index < -0.39 is 24.0 Å². The lowest BCUT2D eigenvalue weighted by Crippen LogP contribution is -2.50. The van der Waals surface area contributed by atoms with E-state index in [2.05, 4.69) is 29.8 Å². The molecule has 3 rings (SSSR count). The molecule has 0 spiro atoms. The highest BCUT2D eigenvalue weighted by atomic mass is 32.1. The molecule has 2 amide bonds. The molecule has 2 heterocycles. The number of benzene rings is 1. The van der Waals surface area contributed by atoms with Crippen LogP contribution in [-0.2, 0) is 22.4 Å². The van der Waals surface area contributed by atoms with Crippen molar-refractivity contribution < 1.29 is 19.8 Å². The van der Waals surface area contributed by atoms with E-state index in [-0.39, 0.29) is 6.04 Å². The zero-order valence-electron chi connectivity index (χ0n) is 19.6. The summed E-state index contributed by atoms with van der Waals surface area (Å²) in [7, 11) is 0. The Bertz CT molecular complexity index is 982. The number of hydrogen-bond acceptors (Lipinski definition) is 5. The lowest BCUT2D eigenvalue weighted by Gasteiger charge is -2.28. The maximum atomic E-state index is 12.9. The Hall–Kier alpha value is -2.48. The van der Waals surface area contributed by atoms with Crippen molar-refractivity contribution in [2.45, 2.75) is 64.7 Å². The zero-order valence-corrected chi connectivity index (χ0v) is 20.4. The fourth-order valence-electron chi connectivity index (χ4n) is 4.10. The lowest BCUT2D eigenvalue weighted by molar-refractivity contribution is -0.153. The largest absolute Gasteiger partial charge is 0.380 e. The van der Waals surface area contributed by atoms with Gasteiger partial charge in [-0.05, 0) is 69.0 Å². The van der Waals surface area contributed by atoms with Crippen LogP contribution < -0.4 is 5.32 Å². The second-order valence-electron chi connectivity index (χ2n) is 8.76. The van der Waals surface area contributed by atoms with Gasteiger partial charge in [0.05, 0.1) is 6.04 Å². The summed E-state index contributed by atoms with van der Waals surface area (Å²) < 4.78 is 0. The van der Waals surface area contributed by atoms with Crippen LogP contribution in [0.5, 0.6) is 0 Å². The van der Waals surface area contributed by atoms with Crippen molar-refractivity contribution in [3.05, 3.63) is 68.9 Å². The first-order valence-electron chi connectivity index (χ1n) is 11.5. The average Bonchev–Trinajstić information content (AvgIpc) is 3.47. The quantitative estimate of drug-likeness (QED) is 0.491. The standard InChI is InChI=1S/C26H34N2O4S/c1-4-17(2)14-19-15-21(33-16-19)11-12-27-25(31)23(29)24(30)26(32)28-13-5-6-22(28)20-9-7-18(3)8-10-20/h4,7-10,15-16,22-24,29-30H,5-6,11-14H2,1-3H3,(H,27,31)/t22?,23-,24-/m1/s1. The van der Waals surface area contributed by atoms with Gasteiger partial charge in [-0.3, -0.25) is 9.59 Å². The molecular formula is C26H34N2O4S. The highest BCUT2D eigenvalue weighted by molar-refractivity contribution is 7.10. The molecule has 0 saturated carbocycles. The highest BCUT2D eigenvalue weighted by Gasteiger charge is 2.38. The normalized spacial score (nSPS) is 18.3. The molecule has 1 unspecified atom stereocenters. The summed E-state index contributed by atoms with van der Waals surface area (Å²) in [6, 6.07) is 9.92. The second-order valence-corrected chi connectivity index (χ2v) is 9.76. The molecule has 0 radical (unpaired) electrons. The Labute approximate surface area is 199 Å². The number of hydrogen-bond donors (Lipinski definition) is 3. The number of nitrogens with zero attached hydrogens (tertiary/aromatic N) is 1. The van der Waals surface area contributed by atoms with Crippen molar-refractivity contribution in [2.75, 3.05) is 13.1 Å². The van der Waals surface area contributed by atoms with Gasteiger partial charge in [0, 0.05) is 18.0 Å². The summed E-state index contributed by atoms with van der Waals surface area (Å²) >= 11 is 1.64. The van der Waals surface area contributed by atoms with Gasteiger partial charge >= 0.3 is 0 Å². The molecule has 1 aliphatic rings. The molecule has 0 bridgehead atoms. The predicted molar refractivity (Wildman–Crippen MR) is 131 cm³/mol. The van der Waals surface area contributed by atoms with Gasteiger partial charge in [0.25, 0.3) is 11.8 Å². The molecule has 1 aromatic carbocycles. The average molecular weight is 471 g/mol. The second kappa shape index (κ2) is 11.6. The first kappa shape index (κ1) is 25.1. The van der Waals surface area contributed by atoms with E-state index in [1.165, 1.54) is 11.1 Å². The SMILES string of the molecule is CC=C(C)Cc1csc(CCNC(=O)[C@H](O)[C@@H](O)C(=O)N2CCCC2c2ccc(C)cc2)c1. The van der Waals surface area contributed by atoms with E-state index >= 15 is 0 Å². The fourth-order valence-corrected chi connectivity index (χ4v) is 4.99. The van der Waals surface area contributed by atoms with E-state index in [9.17, 15) is 19.8 Å². The van der Waals surface area contributed by atoms with Gasteiger partial charge in [-0.25, -0.2) is 0 Å². The van der Waals surface area contributed by atoms with Gasteiger partial charge in [-0.2, -0.15) is 0 Å². The van der Waals surface area contributed by atoms with Gasteiger partial charge in [0.2, 0.25) is 0 Å². The molecular weight excluding hydrogens is 436 g/mol.